The third-order valence-electron chi connectivity index (χ3n) is 4.74. The van der Waals surface area contributed by atoms with E-state index in [0.29, 0.717) is 0 Å². The fourth-order valence-electron chi connectivity index (χ4n) is 3.44. The zero-order valence-electron chi connectivity index (χ0n) is 13.8. The van der Waals surface area contributed by atoms with Gasteiger partial charge in [0.25, 0.3) is 0 Å². The summed E-state index contributed by atoms with van der Waals surface area (Å²) in [6.45, 7) is 8.60. The van der Waals surface area contributed by atoms with Crippen LogP contribution < -0.4 is 9.64 Å². The number of hydrogen-bond acceptors (Lipinski definition) is 3. The van der Waals surface area contributed by atoms with Crippen LogP contribution in [-0.4, -0.2) is 25.3 Å². The molecule has 1 fully saturated rings. The van der Waals surface area contributed by atoms with Crippen molar-refractivity contribution in [3.63, 3.8) is 0 Å². The highest BCUT2D eigenvalue weighted by atomic mass is 16.5. The van der Waals surface area contributed by atoms with Gasteiger partial charge in [-0.15, -0.1) is 0 Å². The van der Waals surface area contributed by atoms with Crippen LogP contribution in [0.5, 0.6) is 5.75 Å². The van der Waals surface area contributed by atoms with Crippen LogP contribution in [0.2, 0.25) is 0 Å². The molecule has 1 aromatic carbocycles. The molecule has 0 radical (unpaired) electrons. The lowest BCUT2D eigenvalue weighted by atomic mass is 9.89. The van der Waals surface area contributed by atoms with Gasteiger partial charge < -0.3 is 14.7 Å². The second kappa shape index (κ2) is 7.17. The second-order valence-corrected chi connectivity index (χ2v) is 6.49. The lowest BCUT2D eigenvalue weighted by molar-refractivity contribution is 0.194. The summed E-state index contributed by atoms with van der Waals surface area (Å²) in [5.74, 6) is 2.36. The monoisotopic (exact) mass is 291 g/mol. The summed E-state index contributed by atoms with van der Waals surface area (Å²) >= 11 is 0. The van der Waals surface area contributed by atoms with Crippen molar-refractivity contribution < 1.29 is 9.84 Å². The van der Waals surface area contributed by atoms with Gasteiger partial charge in [-0.1, -0.05) is 19.9 Å². The molecule has 0 amide bonds. The molecule has 0 aromatic heterocycles. The maximum Gasteiger partial charge on any atom is 0.126 e. The Morgan fingerprint density at radius 3 is 2.57 bits per heavy atom. The summed E-state index contributed by atoms with van der Waals surface area (Å²) in [5, 5.41) is 10.2. The first-order valence-electron chi connectivity index (χ1n) is 8.14. The molecule has 1 heterocycles. The largest absolute Gasteiger partial charge is 0.496 e. The van der Waals surface area contributed by atoms with E-state index in [-0.39, 0.29) is 0 Å². The van der Waals surface area contributed by atoms with E-state index in [4.69, 9.17) is 4.74 Å². The van der Waals surface area contributed by atoms with E-state index in [1.165, 1.54) is 19.3 Å². The Bertz CT molecular complexity index is 457. The predicted molar refractivity (Wildman–Crippen MR) is 88.0 cm³/mol. The van der Waals surface area contributed by atoms with E-state index < -0.39 is 6.10 Å². The fraction of sp³-hybridized carbons (Fsp3) is 0.667. The van der Waals surface area contributed by atoms with Gasteiger partial charge in [0.2, 0.25) is 0 Å². The van der Waals surface area contributed by atoms with Crippen LogP contribution in [-0.2, 0) is 0 Å². The first kappa shape index (κ1) is 16.2. The number of methoxy groups -OCH3 is 1. The first-order valence-corrected chi connectivity index (χ1v) is 8.14. The number of anilines is 1. The summed E-state index contributed by atoms with van der Waals surface area (Å²) in [5.41, 5.74) is 2.05. The molecule has 0 saturated carbocycles. The van der Waals surface area contributed by atoms with Crippen molar-refractivity contribution in [1.29, 1.82) is 0 Å². The molecule has 1 N–H and O–H groups in total. The van der Waals surface area contributed by atoms with Gasteiger partial charge in [-0.3, -0.25) is 0 Å². The molecular weight excluding hydrogens is 262 g/mol. The van der Waals surface area contributed by atoms with Gasteiger partial charge in [0.1, 0.15) is 5.75 Å². The molecule has 1 unspecified atom stereocenters. The van der Waals surface area contributed by atoms with Crippen molar-refractivity contribution in [3.05, 3.63) is 23.8 Å². The van der Waals surface area contributed by atoms with E-state index in [1.54, 1.807) is 7.11 Å². The zero-order chi connectivity index (χ0) is 15.4. The highest BCUT2D eigenvalue weighted by Crippen LogP contribution is 2.36. The van der Waals surface area contributed by atoms with Gasteiger partial charge in [-0.2, -0.15) is 0 Å². The number of aliphatic hydroxyl groups is 1. The Morgan fingerprint density at radius 2 is 1.95 bits per heavy atom. The van der Waals surface area contributed by atoms with Crippen molar-refractivity contribution in [2.45, 2.75) is 46.1 Å². The highest BCUT2D eigenvalue weighted by molar-refractivity contribution is 5.60. The molecule has 118 valence electrons. The molecule has 1 saturated heterocycles. The fourth-order valence-corrected chi connectivity index (χ4v) is 3.44. The van der Waals surface area contributed by atoms with E-state index in [0.717, 1.165) is 41.9 Å². The molecule has 2 atom stereocenters. The Balaban J connectivity index is 2.25. The number of hydrogen-bond donors (Lipinski definition) is 1. The van der Waals surface area contributed by atoms with Crippen LogP contribution in [0, 0.1) is 11.8 Å². The van der Waals surface area contributed by atoms with Crippen molar-refractivity contribution in [3.8, 4) is 5.75 Å². The van der Waals surface area contributed by atoms with Crippen molar-refractivity contribution >= 4 is 5.69 Å². The number of aliphatic hydroxyl groups excluding tert-OH is 1. The second-order valence-electron chi connectivity index (χ2n) is 6.49. The summed E-state index contributed by atoms with van der Waals surface area (Å²) < 4.78 is 5.44. The molecule has 1 aromatic rings. The predicted octanol–water partition coefficient (Wildman–Crippen LogP) is 4.01. The number of rotatable bonds is 4. The van der Waals surface area contributed by atoms with Crippen LogP contribution in [0.25, 0.3) is 0 Å². The molecule has 3 nitrogen and oxygen atoms in total. The van der Waals surface area contributed by atoms with Gasteiger partial charge in [0.05, 0.1) is 13.2 Å². The maximum absolute atomic E-state index is 10.2. The lowest BCUT2D eigenvalue weighted by Crippen LogP contribution is -2.26. The van der Waals surface area contributed by atoms with E-state index >= 15 is 0 Å². The molecule has 2 rings (SSSR count). The summed E-state index contributed by atoms with van der Waals surface area (Å²) in [7, 11) is 1.67. The smallest absolute Gasteiger partial charge is 0.126 e. The zero-order valence-corrected chi connectivity index (χ0v) is 13.8. The third kappa shape index (κ3) is 3.70. The van der Waals surface area contributed by atoms with E-state index in [1.807, 2.05) is 19.1 Å². The minimum Gasteiger partial charge on any atom is -0.496 e. The topological polar surface area (TPSA) is 32.7 Å². The average Bonchev–Trinajstić information content (AvgIpc) is 2.72. The number of ether oxygens (including phenoxy) is 1. The van der Waals surface area contributed by atoms with Gasteiger partial charge >= 0.3 is 0 Å². The summed E-state index contributed by atoms with van der Waals surface area (Å²) in [6, 6.07) is 6.06. The summed E-state index contributed by atoms with van der Waals surface area (Å²) in [4.78, 5) is 2.42. The van der Waals surface area contributed by atoms with Gasteiger partial charge in [-0.25, -0.2) is 0 Å². The average molecular weight is 291 g/mol. The molecule has 1 aliphatic heterocycles. The Morgan fingerprint density at radius 1 is 1.19 bits per heavy atom. The maximum atomic E-state index is 10.2. The van der Waals surface area contributed by atoms with Crippen molar-refractivity contribution in [2.24, 2.45) is 11.8 Å². The molecule has 0 spiro atoms. The molecule has 0 bridgehead atoms. The molecule has 1 aliphatic rings. The van der Waals surface area contributed by atoms with Crippen LogP contribution in [0.1, 0.15) is 51.7 Å². The van der Waals surface area contributed by atoms with Crippen LogP contribution in [0.15, 0.2) is 18.2 Å². The standard InChI is InChI=1S/C18H29NO2/c1-13(2)15-7-6-11-19(12-10-15)16-8-5-9-17(21-4)18(16)14(3)20/h5,8-9,13-15,20H,6-7,10-12H2,1-4H3/t14-,15?/m1/s1. The minimum absolute atomic E-state index is 0.514. The number of nitrogens with zero attached hydrogens (tertiary/aromatic N) is 1. The number of benzene rings is 1. The quantitative estimate of drug-likeness (QED) is 0.909. The van der Waals surface area contributed by atoms with Crippen molar-refractivity contribution in [1.82, 2.24) is 0 Å². The normalized spacial score (nSPS) is 21.2. The van der Waals surface area contributed by atoms with Crippen LogP contribution >= 0.6 is 0 Å². The van der Waals surface area contributed by atoms with E-state index in [9.17, 15) is 5.11 Å². The lowest BCUT2D eigenvalue weighted by Gasteiger charge is -2.28. The molecular formula is C18H29NO2. The molecule has 21 heavy (non-hydrogen) atoms. The van der Waals surface area contributed by atoms with Crippen LogP contribution in [0.3, 0.4) is 0 Å². The Labute approximate surface area is 128 Å². The van der Waals surface area contributed by atoms with Gasteiger partial charge in [0.15, 0.2) is 0 Å². The minimum atomic E-state index is -0.514. The third-order valence-corrected chi connectivity index (χ3v) is 4.74. The summed E-state index contributed by atoms with van der Waals surface area (Å²) in [6.07, 6.45) is 3.25. The van der Waals surface area contributed by atoms with Crippen molar-refractivity contribution in [2.75, 3.05) is 25.1 Å². The van der Waals surface area contributed by atoms with Crippen LogP contribution in [0.4, 0.5) is 5.69 Å². The molecule has 3 heteroatoms. The van der Waals surface area contributed by atoms with Gasteiger partial charge in [-0.05, 0) is 50.2 Å². The first-order chi connectivity index (χ1) is 10.0. The Hall–Kier alpha value is -1.22. The van der Waals surface area contributed by atoms with Gasteiger partial charge in [0, 0.05) is 24.3 Å². The molecule has 0 aliphatic carbocycles. The van der Waals surface area contributed by atoms with E-state index in [2.05, 4.69) is 24.8 Å². The highest BCUT2D eigenvalue weighted by Gasteiger charge is 2.23. The SMILES string of the molecule is COc1cccc(N2CCCC(C(C)C)CC2)c1[C@@H](C)O. The Kier molecular flexibility index (Phi) is 5.51.